The van der Waals surface area contributed by atoms with Gasteiger partial charge in [0.25, 0.3) is 0 Å². The fourth-order valence-electron chi connectivity index (χ4n) is 10.9. The Balaban J connectivity index is 1.37. The summed E-state index contributed by atoms with van der Waals surface area (Å²) in [7, 11) is 0. The maximum Gasteiger partial charge on any atom is 0.326 e. The summed E-state index contributed by atoms with van der Waals surface area (Å²) in [5.41, 5.74) is 18.2. The van der Waals surface area contributed by atoms with Gasteiger partial charge in [0.2, 0.25) is 70.9 Å². The van der Waals surface area contributed by atoms with E-state index in [-0.39, 0.29) is 69.6 Å². The first-order valence-corrected chi connectivity index (χ1v) is 30.7. The predicted octanol–water partition coefficient (Wildman–Crippen LogP) is -5.76. The van der Waals surface area contributed by atoms with Crippen LogP contribution in [0.15, 0.2) is 43.0 Å². The molecule has 0 spiro atoms. The minimum absolute atomic E-state index is 0.00162. The largest absolute Gasteiger partial charge is 0.481 e. The second kappa shape index (κ2) is 35.2. The van der Waals surface area contributed by atoms with E-state index >= 15 is 0 Å². The number of aromatic nitrogens is 3. The first-order chi connectivity index (χ1) is 44.8. The highest BCUT2D eigenvalue weighted by molar-refractivity contribution is 6.01. The van der Waals surface area contributed by atoms with E-state index in [0.717, 1.165) is 16.7 Å². The Kier molecular flexibility index (Phi) is 28.1. The Morgan fingerprint density at radius 2 is 1.05 bits per heavy atom. The normalized spacial score (nSPS) is 18.0. The molecule has 13 atom stereocenters. The Bertz CT molecular complexity index is 3300. The number of nitrogens with zero attached hydrogens (tertiary/aromatic N) is 3. The molecule has 2 aliphatic heterocycles. The van der Waals surface area contributed by atoms with Gasteiger partial charge in [0.1, 0.15) is 66.5 Å². The van der Waals surface area contributed by atoms with Crippen molar-refractivity contribution in [1.29, 1.82) is 0 Å². The van der Waals surface area contributed by atoms with Crippen molar-refractivity contribution in [2.45, 2.75) is 190 Å². The Labute approximate surface area is 543 Å². The van der Waals surface area contributed by atoms with Gasteiger partial charge in [-0.25, -0.2) is 9.78 Å². The van der Waals surface area contributed by atoms with Crippen LogP contribution in [0.5, 0.6) is 0 Å². The van der Waals surface area contributed by atoms with Gasteiger partial charge in [-0.2, -0.15) is 0 Å². The van der Waals surface area contributed by atoms with Crippen molar-refractivity contribution in [3.05, 3.63) is 54.2 Å². The number of imidazole rings is 1. The van der Waals surface area contributed by atoms with Gasteiger partial charge < -0.3 is 105 Å². The van der Waals surface area contributed by atoms with E-state index in [1.165, 1.54) is 25.6 Å². The van der Waals surface area contributed by atoms with E-state index in [1.807, 2.05) is 0 Å². The summed E-state index contributed by atoms with van der Waals surface area (Å²) < 4.78 is 0. The third-order valence-corrected chi connectivity index (χ3v) is 15.8. The SMILES string of the molecule is CC(C)C[C@H](NC(=O)[C@H](CCC(=O)O)NC(=O)[C@@H]1CCCN1C(=O)[C@H](Cc1cnc[nH]1)NC(=O)[C@H](CC(N)=O)NC(=O)[C@@H]1CCCN1C(=O)[C@H](CC(N)=O)NC(=O)[C@H](Cc1c[nH]c2ccccc12)NC(=O)[C@@H](NC(=O)[C@H](CCC(=O)O)NC(=O)[C@@H](N)[C@@H](C)O)[C@@H](C)O)C(=O)O. The molecule has 2 aliphatic rings. The highest BCUT2D eigenvalue weighted by Gasteiger charge is 2.44. The summed E-state index contributed by atoms with van der Waals surface area (Å²) in [5.74, 6) is -17.2. The summed E-state index contributed by atoms with van der Waals surface area (Å²) in [6, 6.07) is -11.2. The number of likely N-dealkylation sites (tertiary alicyclic amines) is 2. The van der Waals surface area contributed by atoms with Crippen molar-refractivity contribution in [2.24, 2.45) is 23.1 Å². The van der Waals surface area contributed by atoms with Gasteiger partial charge in [-0.15, -0.1) is 0 Å². The number of amides is 12. The maximum absolute atomic E-state index is 14.7. The Hall–Kier alpha value is -10.1. The number of fused-ring (bicyclic) bond motifs is 1. The number of H-pyrrole nitrogens is 2. The molecule has 12 amide bonds. The molecule has 0 saturated carbocycles. The molecule has 520 valence electrons. The number of rotatable bonds is 37. The second-order valence-electron chi connectivity index (χ2n) is 23.8. The van der Waals surface area contributed by atoms with E-state index in [2.05, 4.69) is 57.5 Å². The van der Waals surface area contributed by atoms with Gasteiger partial charge in [-0.05, 0) is 76.3 Å². The number of carbonyl (C=O) groups excluding carboxylic acids is 12. The van der Waals surface area contributed by atoms with Crippen molar-refractivity contribution in [2.75, 3.05) is 13.1 Å². The zero-order valence-corrected chi connectivity index (χ0v) is 52.7. The van der Waals surface area contributed by atoms with Crippen LogP contribution in [-0.4, -0.2) is 231 Å². The van der Waals surface area contributed by atoms with Crippen molar-refractivity contribution >= 4 is 99.7 Å². The highest BCUT2D eigenvalue weighted by atomic mass is 16.4. The molecule has 0 radical (unpaired) electrons. The topological polar surface area (TPSA) is 582 Å². The molecule has 0 bridgehead atoms. The Morgan fingerprint density at radius 1 is 0.568 bits per heavy atom. The molecule has 3 aromatic rings. The average molecular weight is 1340 g/mol. The number of benzene rings is 1. The van der Waals surface area contributed by atoms with Gasteiger partial charge >= 0.3 is 17.9 Å². The Morgan fingerprint density at radius 3 is 1.58 bits per heavy atom. The van der Waals surface area contributed by atoms with Crippen LogP contribution in [0.3, 0.4) is 0 Å². The smallest absolute Gasteiger partial charge is 0.326 e. The summed E-state index contributed by atoms with van der Waals surface area (Å²) >= 11 is 0. The van der Waals surface area contributed by atoms with Crippen LogP contribution >= 0.6 is 0 Å². The number of para-hydroxylation sites is 1. The zero-order valence-electron chi connectivity index (χ0n) is 52.7. The number of carbonyl (C=O) groups is 15. The standard InChI is InChI=1S/C59H84N16O20/c1-27(2)19-40(59(94)95)72-49(84)34(13-15-45(80)81)66-53(88)41-11-7-17-74(41)57(92)38(21-31-25-63-26-65-31)70-52(87)37(22-43(60)78)68-54(89)42-12-8-18-75(42)58(93)39(23-44(61)79)71-51(86)36(20-30-24-64-33-10-6-5-9-32(30)33)69-56(91)48(29(4)77)73-50(85)35(14-16-46(82)83)67-55(90)47(62)28(3)76/h5-6,9-10,24-29,34-42,47-48,64,76-77H,7-8,11-23,62H2,1-4H3,(H2,60,78)(H2,61,79)(H,63,65)(H,66,88)(H,67,90)(H,68,89)(H,69,91)(H,70,87)(H,71,86)(H,72,84)(H,73,85)(H,80,81)(H,82,83)(H,94,95)/t28-,29-,34+,35+,36+,37+,38+,39+,40+,41+,42+,47+,48+/m1/s1. The first kappa shape index (κ1) is 75.6. The molecule has 0 unspecified atom stereocenters. The van der Waals surface area contributed by atoms with E-state index in [0.29, 0.717) is 16.5 Å². The van der Waals surface area contributed by atoms with Gasteiger partial charge in [0.05, 0.1) is 31.4 Å². The van der Waals surface area contributed by atoms with Crippen LogP contribution in [0, 0.1) is 5.92 Å². The molecule has 1 aromatic carbocycles. The van der Waals surface area contributed by atoms with Crippen LogP contribution in [-0.2, 0) is 84.8 Å². The number of aromatic amines is 2. The van der Waals surface area contributed by atoms with Crippen molar-refractivity contribution < 1.29 is 97.5 Å². The number of carboxylic acid groups (broad SMARTS) is 3. The highest BCUT2D eigenvalue weighted by Crippen LogP contribution is 2.24. The van der Waals surface area contributed by atoms with Crippen LogP contribution in [0.25, 0.3) is 10.9 Å². The number of hydrogen-bond donors (Lipinski definition) is 18. The zero-order chi connectivity index (χ0) is 70.5. The number of hydrogen-bond acceptors (Lipinski definition) is 19. The number of aliphatic carboxylic acids is 3. The third-order valence-electron chi connectivity index (χ3n) is 15.8. The van der Waals surface area contributed by atoms with E-state index in [9.17, 15) is 97.5 Å². The van der Waals surface area contributed by atoms with Crippen LogP contribution < -0.4 is 59.7 Å². The van der Waals surface area contributed by atoms with E-state index in [1.54, 1.807) is 38.1 Å². The van der Waals surface area contributed by atoms with Crippen LogP contribution in [0.4, 0.5) is 0 Å². The maximum atomic E-state index is 14.7. The summed E-state index contributed by atoms with van der Waals surface area (Å²) in [4.78, 5) is 213. The number of aliphatic hydroxyl groups excluding tert-OH is 2. The average Bonchev–Trinajstić information content (AvgIpc) is 1.76. The predicted molar refractivity (Wildman–Crippen MR) is 329 cm³/mol. The molecule has 2 saturated heterocycles. The number of nitrogens with two attached hydrogens (primary N) is 3. The fourth-order valence-corrected chi connectivity index (χ4v) is 10.9. The molecule has 21 N–H and O–H groups in total. The molecule has 0 aliphatic carbocycles. The summed E-state index contributed by atoms with van der Waals surface area (Å²) in [6.45, 7) is 5.43. The fraction of sp³-hybridized carbons (Fsp3) is 0.559. The lowest BCUT2D eigenvalue weighted by atomic mass is 10.0. The lowest BCUT2D eigenvalue weighted by Gasteiger charge is -2.32. The number of aliphatic hydroxyl groups is 2. The molecule has 95 heavy (non-hydrogen) atoms. The molecular formula is C59H84N16O20. The van der Waals surface area contributed by atoms with Crippen molar-refractivity contribution in [1.82, 2.24) is 67.3 Å². The monoisotopic (exact) mass is 1340 g/mol. The van der Waals surface area contributed by atoms with Gasteiger partial charge in [0, 0.05) is 67.8 Å². The van der Waals surface area contributed by atoms with E-state index < -0.39 is 206 Å². The second-order valence-corrected chi connectivity index (χ2v) is 23.8. The minimum Gasteiger partial charge on any atom is -0.481 e. The number of nitrogens with one attached hydrogen (secondary N) is 10. The summed E-state index contributed by atoms with van der Waals surface area (Å²) in [5, 5.41) is 69.0. The first-order valence-electron chi connectivity index (χ1n) is 30.7. The van der Waals surface area contributed by atoms with Gasteiger partial charge in [-0.1, -0.05) is 32.0 Å². The molecule has 36 nitrogen and oxygen atoms in total. The summed E-state index contributed by atoms with van der Waals surface area (Å²) in [6.07, 6.45) is -3.60. The van der Waals surface area contributed by atoms with Gasteiger partial charge in [-0.3, -0.25) is 67.1 Å². The molecule has 2 aromatic heterocycles. The van der Waals surface area contributed by atoms with Crippen molar-refractivity contribution in [3.63, 3.8) is 0 Å². The molecule has 4 heterocycles. The third kappa shape index (κ3) is 22.3. The van der Waals surface area contributed by atoms with Crippen molar-refractivity contribution in [3.8, 4) is 0 Å². The van der Waals surface area contributed by atoms with E-state index in [4.69, 9.17) is 17.2 Å². The van der Waals surface area contributed by atoms with Gasteiger partial charge in [0.15, 0.2) is 0 Å². The lowest BCUT2D eigenvalue weighted by Crippen LogP contribution is -2.62. The number of carboxylic acids is 3. The molecule has 2 fully saturated rings. The quantitative estimate of drug-likeness (QED) is 0.0256. The molecule has 5 rings (SSSR count). The molecule has 36 heteroatoms. The molecular weight excluding hydrogens is 1250 g/mol. The minimum atomic E-state index is -1.93. The lowest BCUT2D eigenvalue weighted by molar-refractivity contribution is -0.144. The van der Waals surface area contributed by atoms with Crippen LogP contribution in [0.1, 0.15) is 110 Å². The number of primary amides is 2. The van der Waals surface area contributed by atoms with Crippen LogP contribution in [0.2, 0.25) is 0 Å².